The van der Waals surface area contributed by atoms with Crippen molar-refractivity contribution in [3.8, 4) is 0 Å². The topological polar surface area (TPSA) is 80.0 Å². The highest BCUT2D eigenvalue weighted by molar-refractivity contribution is 7.17. The molecule has 0 fully saturated rings. The molecule has 2 aromatic heterocycles. The molecule has 114 valence electrons. The van der Waals surface area contributed by atoms with Crippen LogP contribution in [0.1, 0.15) is 53.5 Å². The fourth-order valence-electron chi connectivity index (χ4n) is 1.77. The second-order valence-electron chi connectivity index (χ2n) is 5.02. The summed E-state index contributed by atoms with van der Waals surface area (Å²) >= 11 is 1.36. The molecular weight excluding hydrogens is 288 g/mol. The Bertz CT molecular complexity index is 618. The molecule has 2 heterocycles. The molecule has 0 unspecified atom stereocenters. The van der Waals surface area contributed by atoms with Gasteiger partial charge >= 0.3 is 0 Å². The normalized spacial score (nSPS) is 10.9. The second-order valence-corrected chi connectivity index (χ2v) is 6.02. The van der Waals surface area contributed by atoms with Crippen molar-refractivity contribution in [2.75, 3.05) is 11.9 Å². The Balaban J connectivity index is 1.97. The molecule has 2 N–H and O–H groups in total. The molecule has 0 aliphatic rings. The van der Waals surface area contributed by atoms with Gasteiger partial charge in [-0.05, 0) is 19.8 Å². The van der Waals surface area contributed by atoms with E-state index in [1.807, 2.05) is 33.8 Å². The number of nitrogens with zero attached hydrogens (tertiary/aromatic N) is 2. The molecule has 0 saturated heterocycles. The number of rotatable bonds is 6. The molecule has 0 aliphatic carbocycles. The van der Waals surface area contributed by atoms with Crippen LogP contribution in [0.3, 0.4) is 0 Å². The number of anilines is 1. The van der Waals surface area contributed by atoms with Gasteiger partial charge in [-0.2, -0.15) is 0 Å². The van der Waals surface area contributed by atoms with Crippen LogP contribution in [0.2, 0.25) is 0 Å². The number of aryl methyl sites for hydroxylation is 1. The standard InChI is InChI=1S/C14H20N4O2S/c1-5-15-14-17-9(4)12(21-14)13(19)16-7-10-6-11(8(2)3)18-20-10/h6,8H,5,7H2,1-4H3,(H,15,17)(H,16,19). The van der Waals surface area contributed by atoms with Gasteiger partial charge < -0.3 is 15.2 Å². The van der Waals surface area contributed by atoms with Gasteiger partial charge in [0.05, 0.1) is 17.9 Å². The van der Waals surface area contributed by atoms with Crippen LogP contribution in [0, 0.1) is 6.92 Å². The fourth-order valence-corrected chi connectivity index (χ4v) is 2.72. The summed E-state index contributed by atoms with van der Waals surface area (Å²) in [5, 5.41) is 10.7. The highest BCUT2D eigenvalue weighted by Crippen LogP contribution is 2.22. The lowest BCUT2D eigenvalue weighted by Gasteiger charge is -2.00. The Labute approximate surface area is 127 Å². The Morgan fingerprint density at radius 3 is 2.86 bits per heavy atom. The van der Waals surface area contributed by atoms with Crippen LogP contribution in [0.15, 0.2) is 10.6 Å². The minimum absolute atomic E-state index is 0.142. The fraction of sp³-hybridized carbons (Fsp3) is 0.500. The van der Waals surface area contributed by atoms with E-state index in [1.54, 1.807) is 0 Å². The number of hydrogen-bond acceptors (Lipinski definition) is 6. The Morgan fingerprint density at radius 2 is 2.24 bits per heavy atom. The third kappa shape index (κ3) is 3.81. The average Bonchev–Trinajstić information content (AvgIpc) is 3.03. The van der Waals surface area contributed by atoms with Crippen molar-refractivity contribution in [3.63, 3.8) is 0 Å². The van der Waals surface area contributed by atoms with Crippen LogP contribution in [0.4, 0.5) is 5.13 Å². The van der Waals surface area contributed by atoms with Crippen LogP contribution < -0.4 is 10.6 Å². The van der Waals surface area contributed by atoms with Crippen LogP contribution in [-0.4, -0.2) is 22.6 Å². The molecule has 0 aliphatic heterocycles. The predicted octanol–water partition coefficient (Wildman–Crippen LogP) is 2.92. The van der Waals surface area contributed by atoms with E-state index in [0.29, 0.717) is 23.1 Å². The number of hydrogen-bond donors (Lipinski definition) is 2. The van der Waals surface area contributed by atoms with Crippen LogP contribution in [-0.2, 0) is 6.54 Å². The number of nitrogens with one attached hydrogen (secondary N) is 2. The first kappa shape index (κ1) is 15.5. The van der Waals surface area contributed by atoms with E-state index in [-0.39, 0.29) is 5.91 Å². The number of aromatic nitrogens is 2. The van der Waals surface area contributed by atoms with Gasteiger partial charge in [-0.1, -0.05) is 30.3 Å². The zero-order valence-corrected chi connectivity index (χ0v) is 13.5. The lowest BCUT2D eigenvalue weighted by atomic mass is 10.1. The zero-order valence-electron chi connectivity index (χ0n) is 12.7. The molecule has 0 bridgehead atoms. The van der Waals surface area contributed by atoms with E-state index in [0.717, 1.165) is 23.1 Å². The van der Waals surface area contributed by atoms with E-state index in [1.165, 1.54) is 11.3 Å². The van der Waals surface area contributed by atoms with E-state index in [9.17, 15) is 4.79 Å². The second kappa shape index (κ2) is 6.71. The van der Waals surface area contributed by atoms with Crippen LogP contribution in [0.25, 0.3) is 0 Å². The molecule has 7 heteroatoms. The molecule has 2 rings (SSSR count). The highest BCUT2D eigenvalue weighted by Gasteiger charge is 2.16. The van der Waals surface area contributed by atoms with Gasteiger partial charge in [-0.15, -0.1) is 0 Å². The number of amides is 1. The maximum absolute atomic E-state index is 12.2. The van der Waals surface area contributed by atoms with Gasteiger partial charge in [-0.25, -0.2) is 4.98 Å². The van der Waals surface area contributed by atoms with E-state index in [2.05, 4.69) is 20.8 Å². The van der Waals surface area contributed by atoms with Gasteiger partial charge in [0, 0.05) is 12.6 Å². The van der Waals surface area contributed by atoms with Crippen molar-refractivity contribution in [3.05, 3.63) is 28.1 Å². The highest BCUT2D eigenvalue weighted by atomic mass is 32.1. The molecule has 0 saturated carbocycles. The summed E-state index contributed by atoms with van der Waals surface area (Å²) < 4.78 is 5.20. The number of thiazole rings is 1. The minimum Gasteiger partial charge on any atom is -0.362 e. The SMILES string of the molecule is CCNc1nc(C)c(C(=O)NCc2cc(C(C)C)no2)s1. The third-order valence-electron chi connectivity index (χ3n) is 2.92. The Kier molecular flexibility index (Phi) is 4.95. The predicted molar refractivity (Wildman–Crippen MR) is 82.8 cm³/mol. The Morgan fingerprint density at radius 1 is 1.48 bits per heavy atom. The molecule has 0 aromatic carbocycles. The number of carbonyl (C=O) groups excluding carboxylic acids is 1. The summed E-state index contributed by atoms with van der Waals surface area (Å²) in [6, 6.07) is 1.87. The Hall–Kier alpha value is -1.89. The van der Waals surface area contributed by atoms with Crippen molar-refractivity contribution in [1.29, 1.82) is 0 Å². The monoisotopic (exact) mass is 308 g/mol. The molecule has 1 amide bonds. The van der Waals surface area contributed by atoms with Crippen molar-refractivity contribution in [1.82, 2.24) is 15.5 Å². The molecule has 2 aromatic rings. The van der Waals surface area contributed by atoms with E-state index in [4.69, 9.17) is 4.52 Å². The minimum atomic E-state index is -0.142. The smallest absolute Gasteiger partial charge is 0.263 e. The lowest BCUT2D eigenvalue weighted by Crippen LogP contribution is -2.22. The third-order valence-corrected chi connectivity index (χ3v) is 4.04. The largest absolute Gasteiger partial charge is 0.362 e. The first-order valence-corrected chi connectivity index (χ1v) is 7.77. The summed E-state index contributed by atoms with van der Waals surface area (Å²) in [5.74, 6) is 0.822. The van der Waals surface area contributed by atoms with Crippen LogP contribution >= 0.6 is 11.3 Å². The summed E-state index contributed by atoms with van der Waals surface area (Å²) in [6.07, 6.45) is 0. The maximum atomic E-state index is 12.2. The first-order valence-electron chi connectivity index (χ1n) is 6.96. The first-order chi connectivity index (χ1) is 10.0. The van der Waals surface area contributed by atoms with Crippen LogP contribution in [0.5, 0.6) is 0 Å². The quantitative estimate of drug-likeness (QED) is 0.857. The molecule has 0 spiro atoms. The van der Waals surface area contributed by atoms with E-state index >= 15 is 0 Å². The summed E-state index contributed by atoms with van der Waals surface area (Å²) in [7, 11) is 0. The molecule has 0 atom stereocenters. The zero-order chi connectivity index (χ0) is 15.4. The molecule has 21 heavy (non-hydrogen) atoms. The molecular formula is C14H20N4O2S. The van der Waals surface area contributed by atoms with Crippen molar-refractivity contribution < 1.29 is 9.32 Å². The molecule has 6 nitrogen and oxygen atoms in total. The van der Waals surface area contributed by atoms with Crippen molar-refractivity contribution in [2.24, 2.45) is 0 Å². The van der Waals surface area contributed by atoms with Gasteiger partial charge in [0.1, 0.15) is 4.88 Å². The average molecular weight is 308 g/mol. The van der Waals surface area contributed by atoms with Gasteiger partial charge in [-0.3, -0.25) is 4.79 Å². The number of carbonyl (C=O) groups is 1. The summed E-state index contributed by atoms with van der Waals surface area (Å²) in [4.78, 5) is 17.1. The maximum Gasteiger partial charge on any atom is 0.263 e. The van der Waals surface area contributed by atoms with Gasteiger partial charge in [0.2, 0.25) is 0 Å². The van der Waals surface area contributed by atoms with E-state index < -0.39 is 0 Å². The lowest BCUT2D eigenvalue weighted by molar-refractivity contribution is 0.0950. The summed E-state index contributed by atoms with van der Waals surface area (Å²) in [6.45, 7) is 9.02. The summed E-state index contributed by atoms with van der Waals surface area (Å²) in [5.41, 5.74) is 1.62. The van der Waals surface area contributed by atoms with Gasteiger partial charge in [0.25, 0.3) is 5.91 Å². The van der Waals surface area contributed by atoms with Gasteiger partial charge in [0.15, 0.2) is 10.9 Å². The van der Waals surface area contributed by atoms with Crippen molar-refractivity contribution >= 4 is 22.4 Å². The van der Waals surface area contributed by atoms with Crippen molar-refractivity contribution in [2.45, 2.75) is 40.2 Å². The molecule has 0 radical (unpaired) electrons.